The molecule has 1 unspecified atom stereocenters. The van der Waals surface area contributed by atoms with Gasteiger partial charge in [0.2, 0.25) is 0 Å². The Balaban J connectivity index is 0.00000288. The summed E-state index contributed by atoms with van der Waals surface area (Å²) >= 11 is 1.51. The highest BCUT2D eigenvalue weighted by Crippen LogP contribution is 2.27. The van der Waals surface area contributed by atoms with E-state index >= 15 is 0 Å². The van der Waals surface area contributed by atoms with E-state index in [-0.39, 0.29) is 25.4 Å². The average molecular weight is 348 g/mol. The molecule has 2 aromatic carbocycles. The molecule has 2 aromatic rings. The Bertz CT molecular complexity index is 599. The van der Waals surface area contributed by atoms with E-state index in [1.54, 1.807) is 7.11 Å². The maximum absolute atomic E-state index is 12.0. The number of hydrogen-bond acceptors (Lipinski definition) is 5. The first-order valence-corrected chi connectivity index (χ1v) is 8.11. The van der Waals surface area contributed by atoms with E-state index in [2.05, 4.69) is 0 Å². The summed E-state index contributed by atoms with van der Waals surface area (Å²) in [6.07, 6.45) is 0.594. The van der Waals surface area contributed by atoms with E-state index < -0.39 is 0 Å². The number of methoxy groups -OCH3 is 2. The summed E-state index contributed by atoms with van der Waals surface area (Å²) in [6.45, 7) is 0.216. The van der Waals surface area contributed by atoms with Crippen LogP contribution in [0.2, 0.25) is 0 Å². The third-order valence-electron chi connectivity index (χ3n) is 3.17. The Kier molecular flexibility index (Phi) is 8.97. The van der Waals surface area contributed by atoms with Crippen molar-refractivity contribution in [1.82, 2.24) is 0 Å². The van der Waals surface area contributed by atoms with E-state index in [0.29, 0.717) is 6.42 Å². The molecule has 0 amide bonds. The topological polar surface area (TPSA) is 44.8 Å². The van der Waals surface area contributed by atoms with E-state index in [9.17, 15) is 4.79 Å². The number of esters is 1. The lowest BCUT2D eigenvalue weighted by atomic mass is 10.1. The molecule has 0 saturated heterocycles. The number of thioether (sulfide) groups is 1. The highest BCUT2D eigenvalue weighted by atomic mass is 32.2. The maximum atomic E-state index is 12.0. The molecule has 0 saturated carbocycles. The van der Waals surface area contributed by atoms with E-state index in [0.717, 1.165) is 16.2 Å². The van der Waals surface area contributed by atoms with Crippen LogP contribution in [-0.2, 0) is 20.7 Å². The van der Waals surface area contributed by atoms with Gasteiger partial charge in [-0.1, -0.05) is 37.8 Å². The predicted molar refractivity (Wildman–Crippen MR) is 97.5 cm³/mol. The second-order valence-electron chi connectivity index (χ2n) is 4.84. The molecular weight excluding hydrogens is 324 g/mol. The standard InChI is InChI=1S/C18H20O4S.CH4/c1-20-13-22-15-10-8-14(9-11-15)12-17(18(19)21-2)23-16-6-4-3-5-7-16;/h3-11,17H,12-13H2,1-2H3;1H4. The Morgan fingerprint density at radius 1 is 1.04 bits per heavy atom. The molecule has 0 aliphatic heterocycles. The zero-order valence-corrected chi connectivity index (χ0v) is 14.0. The molecule has 1 atom stereocenters. The molecule has 0 bridgehead atoms. The molecular formula is C19H24O4S. The molecule has 0 aliphatic carbocycles. The van der Waals surface area contributed by atoms with Gasteiger partial charge in [0.1, 0.15) is 11.0 Å². The second kappa shape index (κ2) is 10.7. The average Bonchev–Trinajstić information content (AvgIpc) is 2.60. The van der Waals surface area contributed by atoms with Crippen molar-refractivity contribution in [2.45, 2.75) is 24.0 Å². The number of ether oxygens (including phenoxy) is 3. The molecule has 24 heavy (non-hydrogen) atoms. The number of rotatable bonds is 8. The number of benzene rings is 2. The molecule has 0 radical (unpaired) electrons. The van der Waals surface area contributed by atoms with E-state index in [4.69, 9.17) is 14.2 Å². The highest BCUT2D eigenvalue weighted by Gasteiger charge is 2.21. The van der Waals surface area contributed by atoms with Gasteiger partial charge in [0.15, 0.2) is 6.79 Å². The molecule has 4 nitrogen and oxygen atoms in total. The zero-order valence-electron chi connectivity index (χ0n) is 13.2. The van der Waals surface area contributed by atoms with Crippen LogP contribution in [0.5, 0.6) is 5.75 Å². The minimum atomic E-state index is -0.284. The fourth-order valence-electron chi connectivity index (χ4n) is 2.03. The van der Waals surface area contributed by atoms with Gasteiger partial charge in [-0.2, -0.15) is 0 Å². The van der Waals surface area contributed by atoms with Gasteiger partial charge in [-0.15, -0.1) is 11.8 Å². The van der Waals surface area contributed by atoms with E-state index in [1.165, 1.54) is 18.9 Å². The van der Waals surface area contributed by atoms with Crippen molar-refractivity contribution in [2.75, 3.05) is 21.0 Å². The fourth-order valence-corrected chi connectivity index (χ4v) is 3.14. The van der Waals surface area contributed by atoms with Gasteiger partial charge in [-0.3, -0.25) is 4.79 Å². The molecule has 0 spiro atoms. The van der Waals surface area contributed by atoms with Crippen molar-refractivity contribution in [1.29, 1.82) is 0 Å². The third kappa shape index (κ3) is 6.26. The van der Waals surface area contributed by atoms with Crippen molar-refractivity contribution in [3.05, 3.63) is 60.2 Å². The van der Waals surface area contributed by atoms with Crippen LogP contribution in [0.1, 0.15) is 13.0 Å². The summed E-state index contributed by atoms with van der Waals surface area (Å²) < 4.78 is 15.2. The lowest BCUT2D eigenvalue weighted by molar-refractivity contribution is -0.139. The Labute approximate surface area is 148 Å². The zero-order chi connectivity index (χ0) is 16.5. The van der Waals surface area contributed by atoms with Crippen LogP contribution in [0, 0.1) is 0 Å². The lowest BCUT2D eigenvalue weighted by Crippen LogP contribution is -2.21. The number of carbonyl (C=O) groups is 1. The smallest absolute Gasteiger partial charge is 0.319 e. The first-order chi connectivity index (χ1) is 11.2. The molecule has 0 heterocycles. The normalized spacial score (nSPS) is 11.2. The predicted octanol–water partition coefficient (Wildman–Crippen LogP) is 4.18. The quantitative estimate of drug-likeness (QED) is 0.407. The van der Waals surface area contributed by atoms with Crippen LogP contribution in [0.25, 0.3) is 0 Å². The van der Waals surface area contributed by atoms with Crippen LogP contribution in [-0.4, -0.2) is 32.2 Å². The maximum Gasteiger partial charge on any atom is 0.319 e. The summed E-state index contributed by atoms with van der Waals surface area (Å²) in [5.74, 6) is 0.513. The van der Waals surface area contributed by atoms with Gasteiger partial charge < -0.3 is 14.2 Å². The van der Waals surface area contributed by atoms with Crippen LogP contribution in [0.3, 0.4) is 0 Å². The number of carbonyl (C=O) groups excluding carboxylic acids is 1. The Hall–Kier alpha value is -1.98. The van der Waals surface area contributed by atoms with Gasteiger partial charge in [0.05, 0.1) is 7.11 Å². The van der Waals surface area contributed by atoms with Crippen molar-refractivity contribution in [3.8, 4) is 5.75 Å². The summed E-state index contributed by atoms with van der Waals surface area (Å²) in [4.78, 5) is 13.1. The first-order valence-electron chi connectivity index (χ1n) is 7.23. The minimum Gasteiger partial charge on any atom is -0.468 e. The van der Waals surface area contributed by atoms with Crippen molar-refractivity contribution in [3.63, 3.8) is 0 Å². The molecule has 0 aromatic heterocycles. The van der Waals surface area contributed by atoms with Crippen molar-refractivity contribution in [2.24, 2.45) is 0 Å². The van der Waals surface area contributed by atoms with Crippen molar-refractivity contribution >= 4 is 17.7 Å². The molecule has 0 aliphatic rings. The van der Waals surface area contributed by atoms with Crippen LogP contribution in [0.4, 0.5) is 0 Å². The number of hydrogen-bond donors (Lipinski definition) is 0. The third-order valence-corrected chi connectivity index (χ3v) is 4.36. The molecule has 0 fully saturated rings. The monoisotopic (exact) mass is 348 g/mol. The fraction of sp³-hybridized carbons (Fsp3) is 0.316. The Morgan fingerprint density at radius 3 is 2.29 bits per heavy atom. The second-order valence-corrected chi connectivity index (χ2v) is 6.12. The van der Waals surface area contributed by atoms with Crippen LogP contribution >= 0.6 is 11.8 Å². The van der Waals surface area contributed by atoms with Gasteiger partial charge in [-0.25, -0.2) is 0 Å². The summed E-state index contributed by atoms with van der Waals surface area (Å²) in [5.41, 5.74) is 1.05. The van der Waals surface area contributed by atoms with Crippen LogP contribution < -0.4 is 4.74 Å². The SMILES string of the molecule is C.COCOc1ccc(CC(Sc2ccccc2)C(=O)OC)cc1. The summed E-state index contributed by atoms with van der Waals surface area (Å²) in [7, 11) is 3.00. The largest absolute Gasteiger partial charge is 0.468 e. The first kappa shape index (κ1) is 20.1. The van der Waals surface area contributed by atoms with Crippen LogP contribution in [0.15, 0.2) is 59.5 Å². The van der Waals surface area contributed by atoms with Gasteiger partial charge >= 0.3 is 5.97 Å². The van der Waals surface area contributed by atoms with E-state index in [1.807, 2.05) is 54.6 Å². The summed E-state index contributed by atoms with van der Waals surface area (Å²) in [6, 6.07) is 17.5. The summed E-state index contributed by atoms with van der Waals surface area (Å²) in [5, 5.41) is -0.284. The molecule has 130 valence electrons. The Morgan fingerprint density at radius 2 is 1.71 bits per heavy atom. The molecule has 5 heteroatoms. The van der Waals surface area contributed by atoms with Gasteiger partial charge in [0, 0.05) is 12.0 Å². The van der Waals surface area contributed by atoms with Gasteiger partial charge in [0.25, 0.3) is 0 Å². The lowest BCUT2D eigenvalue weighted by Gasteiger charge is -2.15. The molecule has 2 rings (SSSR count). The van der Waals surface area contributed by atoms with Crippen molar-refractivity contribution < 1.29 is 19.0 Å². The minimum absolute atomic E-state index is 0. The van der Waals surface area contributed by atoms with Gasteiger partial charge in [-0.05, 0) is 36.2 Å². The molecule has 0 N–H and O–H groups in total. The highest BCUT2D eigenvalue weighted by molar-refractivity contribution is 8.00.